The van der Waals surface area contributed by atoms with Gasteiger partial charge in [-0.15, -0.1) is 10.2 Å². The van der Waals surface area contributed by atoms with Gasteiger partial charge in [-0.05, 0) is 31.4 Å². The van der Waals surface area contributed by atoms with Gasteiger partial charge in [0, 0.05) is 37.8 Å². The molecule has 0 bridgehead atoms. The fourth-order valence-electron chi connectivity index (χ4n) is 3.65. The van der Waals surface area contributed by atoms with E-state index in [9.17, 15) is 4.79 Å². The second-order valence-electron chi connectivity index (χ2n) is 6.74. The maximum absolute atomic E-state index is 12.2. The summed E-state index contributed by atoms with van der Waals surface area (Å²) in [6.45, 7) is 3.19. The maximum Gasteiger partial charge on any atom is 0.315 e. The lowest BCUT2D eigenvalue weighted by molar-refractivity contribution is 0.237. The molecule has 25 heavy (non-hydrogen) atoms. The fraction of sp³-hybridized carbons (Fsp3) is 0.500. The van der Waals surface area contributed by atoms with Crippen LogP contribution in [0.2, 0.25) is 0 Å². The number of amides is 2. The number of anilines is 1. The second kappa shape index (κ2) is 7.13. The summed E-state index contributed by atoms with van der Waals surface area (Å²) in [7, 11) is 0. The Balaban J connectivity index is 1.26. The number of nitrogens with one attached hydrogen (secondary N) is 2. The molecule has 2 aliphatic heterocycles. The Morgan fingerprint density at radius 3 is 2.92 bits per heavy atom. The van der Waals surface area contributed by atoms with Gasteiger partial charge in [-0.25, -0.2) is 4.79 Å². The van der Waals surface area contributed by atoms with Gasteiger partial charge < -0.3 is 20.1 Å². The maximum atomic E-state index is 12.2. The minimum absolute atomic E-state index is 0.131. The van der Waals surface area contributed by atoms with Crippen molar-refractivity contribution in [3.05, 3.63) is 42.0 Å². The Hall–Kier alpha value is -2.57. The van der Waals surface area contributed by atoms with E-state index in [4.69, 9.17) is 0 Å². The van der Waals surface area contributed by atoms with Crippen LogP contribution in [0.3, 0.4) is 0 Å². The van der Waals surface area contributed by atoms with Gasteiger partial charge in [-0.2, -0.15) is 0 Å². The van der Waals surface area contributed by atoms with Crippen molar-refractivity contribution in [1.29, 1.82) is 0 Å². The Morgan fingerprint density at radius 2 is 2.04 bits per heavy atom. The van der Waals surface area contributed by atoms with Gasteiger partial charge in [0.25, 0.3) is 0 Å². The Labute approximate surface area is 147 Å². The van der Waals surface area contributed by atoms with Crippen LogP contribution in [0.25, 0.3) is 0 Å². The molecule has 132 valence electrons. The molecule has 1 saturated heterocycles. The van der Waals surface area contributed by atoms with Gasteiger partial charge in [0.05, 0.1) is 6.54 Å². The summed E-state index contributed by atoms with van der Waals surface area (Å²) in [4.78, 5) is 14.5. The molecule has 0 saturated carbocycles. The number of aryl methyl sites for hydroxylation is 1. The minimum Gasteiger partial charge on any atom is -0.369 e. The molecule has 0 spiro atoms. The third kappa shape index (κ3) is 3.60. The van der Waals surface area contributed by atoms with E-state index in [1.807, 2.05) is 18.2 Å². The zero-order chi connectivity index (χ0) is 17.1. The number of urea groups is 1. The molecule has 2 N–H and O–H groups in total. The van der Waals surface area contributed by atoms with Gasteiger partial charge in [-0.3, -0.25) is 0 Å². The Bertz CT molecular complexity index is 728. The first kappa shape index (κ1) is 15.9. The summed E-state index contributed by atoms with van der Waals surface area (Å²) in [6.07, 6.45) is 4.27. The van der Waals surface area contributed by atoms with Crippen LogP contribution in [-0.4, -0.2) is 39.9 Å². The van der Waals surface area contributed by atoms with Crippen molar-refractivity contribution in [2.45, 2.75) is 44.8 Å². The number of aromatic nitrogens is 3. The molecular formula is C18H24N6O. The van der Waals surface area contributed by atoms with Crippen LogP contribution < -0.4 is 15.5 Å². The molecule has 3 heterocycles. The molecule has 1 aromatic carbocycles. The zero-order valence-corrected chi connectivity index (χ0v) is 14.3. The third-order valence-corrected chi connectivity index (χ3v) is 4.99. The van der Waals surface area contributed by atoms with E-state index < -0.39 is 0 Å². The number of carbonyl (C=O) groups is 1. The molecular weight excluding hydrogens is 316 g/mol. The van der Waals surface area contributed by atoms with Crippen molar-refractivity contribution in [3.8, 4) is 0 Å². The summed E-state index contributed by atoms with van der Waals surface area (Å²) in [5, 5.41) is 14.4. The van der Waals surface area contributed by atoms with E-state index in [0.29, 0.717) is 6.54 Å². The summed E-state index contributed by atoms with van der Waals surface area (Å²) in [5.41, 5.74) is 1.21. The summed E-state index contributed by atoms with van der Waals surface area (Å²) in [6, 6.07) is 10.4. The number of hydrogen-bond donors (Lipinski definition) is 2. The van der Waals surface area contributed by atoms with E-state index in [1.165, 1.54) is 12.1 Å². The SMILES string of the molecule is O=C(NCc1nnc2n1CCCC2)N[C@@H]1CCN(c2ccccc2)C1. The first-order chi connectivity index (χ1) is 12.3. The summed E-state index contributed by atoms with van der Waals surface area (Å²) < 4.78 is 2.14. The van der Waals surface area contributed by atoms with Crippen molar-refractivity contribution in [1.82, 2.24) is 25.4 Å². The molecule has 2 aromatic rings. The van der Waals surface area contributed by atoms with Crippen LogP contribution in [0.4, 0.5) is 10.5 Å². The predicted octanol–water partition coefficient (Wildman–Crippen LogP) is 1.69. The van der Waals surface area contributed by atoms with Crippen molar-refractivity contribution in [3.63, 3.8) is 0 Å². The third-order valence-electron chi connectivity index (χ3n) is 4.99. The normalized spacial score (nSPS) is 19.5. The van der Waals surface area contributed by atoms with Crippen LogP contribution >= 0.6 is 0 Å². The average molecular weight is 340 g/mol. The van der Waals surface area contributed by atoms with E-state index in [0.717, 1.165) is 50.5 Å². The van der Waals surface area contributed by atoms with E-state index in [2.05, 4.69) is 42.4 Å². The molecule has 0 aliphatic carbocycles. The second-order valence-corrected chi connectivity index (χ2v) is 6.74. The van der Waals surface area contributed by atoms with Crippen LogP contribution in [0, 0.1) is 0 Å². The van der Waals surface area contributed by atoms with Gasteiger partial charge in [0.15, 0.2) is 5.82 Å². The summed E-state index contributed by atoms with van der Waals surface area (Å²) >= 11 is 0. The van der Waals surface area contributed by atoms with Crippen LogP contribution in [0.1, 0.15) is 30.9 Å². The predicted molar refractivity (Wildman–Crippen MR) is 95.4 cm³/mol. The smallest absolute Gasteiger partial charge is 0.315 e. The first-order valence-corrected chi connectivity index (χ1v) is 9.05. The van der Waals surface area contributed by atoms with Crippen LogP contribution in [0.15, 0.2) is 30.3 Å². The average Bonchev–Trinajstić information content (AvgIpc) is 3.28. The van der Waals surface area contributed by atoms with Gasteiger partial charge in [-0.1, -0.05) is 18.2 Å². The van der Waals surface area contributed by atoms with Gasteiger partial charge >= 0.3 is 6.03 Å². The topological polar surface area (TPSA) is 75.1 Å². The first-order valence-electron chi connectivity index (χ1n) is 9.05. The van der Waals surface area contributed by atoms with Crippen LogP contribution in [0.5, 0.6) is 0 Å². The molecule has 1 atom stereocenters. The van der Waals surface area contributed by atoms with Gasteiger partial charge in [0.2, 0.25) is 0 Å². The highest BCUT2D eigenvalue weighted by Gasteiger charge is 2.24. The lowest BCUT2D eigenvalue weighted by atomic mass is 10.2. The number of para-hydroxylation sites is 1. The lowest BCUT2D eigenvalue weighted by Crippen LogP contribution is -2.43. The van der Waals surface area contributed by atoms with E-state index >= 15 is 0 Å². The Morgan fingerprint density at radius 1 is 1.16 bits per heavy atom. The quantitative estimate of drug-likeness (QED) is 0.888. The monoisotopic (exact) mass is 340 g/mol. The number of benzene rings is 1. The van der Waals surface area contributed by atoms with Gasteiger partial charge in [0.1, 0.15) is 5.82 Å². The van der Waals surface area contributed by atoms with Crippen LogP contribution in [-0.2, 0) is 19.5 Å². The molecule has 7 nitrogen and oxygen atoms in total. The molecule has 2 aliphatic rings. The molecule has 0 unspecified atom stereocenters. The highest BCUT2D eigenvalue weighted by molar-refractivity contribution is 5.74. The number of hydrogen-bond acceptors (Lipinski definition) is 4. The molecule has 0 radical (unpaired) electrons. The highest BCUT2D eigenvalue weighted by atomic mass is 16.2. The zero-order valence-electron chi connectivity index (χ0n) is 14.3. The summed E-state index contributed by atoms with van der Waals surface area (Å²) in [5.74, 6) is 1.89. The minimum atomic E-state index is -0.131. The number of carbonyl (C=O) groups excluding carboxylic acids is 1. The number of nitrogens with zero attached hydrogens (tertiary/aromatic N) is 4. The number of fused-ring (bicyclic) bond motifs is 1. The van der Waals surface area contributed by atoms with E-state index in [-0.39, 0.29) is 12.1 Å². The molecule has 1 aromatic heterocycles. The highest BCUT2D eigenvalue weighted by Crippen LogP contribution is 2.19. The largest absolute Gasteiger partial charge is 0.369 e. The standard InChI is InChI=1S/C18H24N6O/c25-18(19-12-17-22-21-16-8-4-5-10-24(16)17)20-14-9-11-23(13-14)15-6-2-1-3-7-15/h1-3,6-7,14H,4-5,8-13H2,(H2,19,20,25)/t14-/m1/s1. The lowest BCUT2D eigenvalue weighted by Gasteiger charge is -2.19. The Kier molecular flexibility index (Phi) is 4.54. The van der Waals surface area contributed by atoms with Crippen molar-refractivity contribution < 1.29 is 4.79 Å². The molecule has 7 heteroatoms. The van der Waals surface area contributed by atoms with E-state index in [1.54, 1.807) is 0 Å². The van der Waals surface area contributed by atoms with Crippen molar-refractivity contribution in [2.75, 3.05) is 18.0 Å². The fourth-order valence-corrected chi connectivity index (χ4v) is 3.65. The molecule has 2 amide bonds. The van der Waals surface area contributed by atoms with Crippen molar-refractivity contribution >= 4 is 11.7 Å². The molecule has 4 rings (SSSR count). The van der Waals surface area contributed by atoms with Crippen molar-refractivity contribution in [2.24, 2.45) is 0 Å². The molecule has 1 fully saturated rings. The number of rotatable bonds is 4.